The van der Waals surface area contributed by atoms with Gasteiger partial charge in [-0.2, -0.15) is 0 Å². The molecule has 1 radical (unpaired) electrons. The van der Waals surface area contributed by atoms with Crippen LogP contribution in [0.3, 0.4) is 0 Å². The maximum absolute atomic E-state index is 3.13. The van der Waals surface area contributed by atoms with E-state index in [-0.39, 0.29) is 27.1 Å². The van der Waals surface area contributed by atoms with Gasteiger partial charge in [0.1, 0.15) is 0 Å². The van der Waals surface area contributed by atoms with Crippen LogP contribution in [0.4, 0.5) is 0 Å². The Kier molecular flexibility index (Phi) is 51.2. The zero-order chi connectivity index (χ0) is 68.2. The molecule has 0 aliphatic heterocycles. The van der Waals surface area contributed by atoms with Crippen LogP contribution in [0.1, 0.15) is 475 Å². The fourth-order valence-electron chi connectivity index (χ4n) is 21.9. The molecule has 0 heteroatoms. The Balaban J connectivity index is 12.4. The highest BCUT2D eigenvalue weighted by Gasteiger charge is 2.75. The summed E-state index contributed by atoms with van der Waals surface area (Å²) in [6, 6.07) is 0. The Labute approximate surface area is 575 Å². The second-order valence-corrected chi connectivity index (χ2v) is 34.3. The van der Waals surface area contributed by atoms with Gasteiger partial charge in [0.05, 0.1) is 0 Å². The molecule has 0 spiro atoms. The van der Waals surface area contributed by atoms with Gasteiger partial charge in [-0.05, 0) is 162 Å². The summed E-state index contributed by atoms with van der Waals surface area (Å²) in [6.45, 7) is 67.7. The maximum Gasteiger partial charge on any atom is -0.0140 e. The van der Waals surface area contributed by atoms with Crippen molar-refractivity contribution in [2.45, 2.75) is 475 Å². The van der Waals surface area contributed by atoms with Crippen molar-refractivity contribution < 1.29 is 0 Å². The molecule has 0 aromatic heterocycles. The molecule has 0 saturated heterocycles. The predicted octanol–water partition coefficient (Wildman–Crippen LogP) is 32.7. The third-order valence-corrected chi connectivity index (χ3v) is 26.6. The van der Waals surface area contributed by atoms with Crippen LogP contribution >= 0.6 is 0 Å². The first-order chi connectivity index (χ1) is 43.1. The van der Waals surface area contributed by atoms with Crippen molar-refractivity contribution in [2.24, 2.45) is 98.1 Å². The number of hydrogen-bond acceptors (Lipinski definition) is 0. The average Bonchev–Trinajstić information content (AvgIpc) is 0.667. The van der Waals surface area contributed by atoms with Crippen LogP contribution < -0.4 is 0 Å². The van der Waals surface area contributed by atoms with Crippen molar-refractivity contribution in [3.8, 4) is 0 Å². The molecule has 0 aromatic rings. The minimum absolute atomic E-state index is 0.0720. The van der Waals surface area contributed by atoms with E-state index in [1.165, 1.54) is 302 Å². The standard InChI is InChI=1S/C90H181/c1-26-43-48-59-79(53-31-6)66-76(22)89(84(41-16)58-36-11,70-82(56-34-9)62-51-46-29-4)87(68-78(39-14)40-15,69-81(55-33-8)61-50-45-28-3)90(77(23)74(20)38-13,71-83(57-35-10)63-52-47-30-5)88(64-37-12,75(21)65-73(18)19)85(72-86(24,25)42-17)67-80(54-32-7)60-49-44-27-2/h73-84H,26-72H2,1-25H3. The number of unbranched alkanes of at least 4 members (excludes halogenated alkanes) is 10. The lowest BCUT2D eigenvalue weighted by molar-refractivity contribution is -0.278. The molecule has 14 atom stereocenters. The van der Waals surface area contributed by atoms with Gasteiger partial charge in [-0.1, -0.05) is 417 Å². The molecule has 90 heavy (non-hydrogen) atoms. The minimum Gasteiger partial charge on any atom is -0.0654 e. The average molecular weight is 1260 g/mol. The molecule has 0 N–H and O–H groups in total. The molecular weight excluding hydrogens is 1080 g/mol. The Morgan fingerprint density at radius 3 is 1.12 bits per heavy atom. The van der Waals surface area contributed by atoms with E-state index in [0.717, 1.165) is 35.5 Å². The third-order valence-electron chi connectivity index (χ3n) is 26.6. The van der Waals surface area contributed by atoms with Crippen LogP contribution in [-0.4, -0.2) is 0 Å². The molecule has 0 aliphatic rings. The van der Waals surface area contributed by atoms with Gasteiger partial charge in [0.2, 0.25) is 0 Å². The van der Waals surface area contributed by atoms with Crippen LogP contribution in [0, 0.1) is 104 Å². The molecule has 0 bridgehead atoms. The summed E-state index contributed by atoms with van der Waals surface area (Å²) in [7, 11) is 0. The van der Waals surface area contributed by atoms with Crippen molar-refractivity contribution in [3.05, 3.63) is 5.92 Å². The summed E-state index contributed by atoms with van der Waals surface area (Å²) in [5.74, 6) is 10.6. The molecule has 0 saturated carbocycles. The van der Waals surface area contributed by atoms with Crippen molar-refractivity contribution in [2.75, 3.05) is 0 Å². The Morgan fingerprint density at radius 1 is 0.333 bits per heavy atom. The van der Waals surface area contributed by atoms with E-state index in [1.54, 1.807) is 0 Å². The largest absolute Gasteiger partial charge is 0.0654 e. The quantitative estimate of drug-likeness (QED) is 0.0533. The van der Waals surface area contributed by atoms with Gasteiger partial charge >= 0.3 is 0 Å². The minimum atomic E-state index is 0.0720. The number of hydrogen-bond donors (Lipinski definition) is 0. The normalized spacial score (nSPS) is 18.8. The summed E-state index contributed by atoms with van der Waals surface area (Å²) in [6.07, 6.45) is 65.4. The van der Waals surface area contributed by atoms with E-state index in [0.29, 0.717) is 35.5 Å². The van der Waals surface area contributed by atoms with Crippen LogP contribution in [0.2, 0.25) is 0 Å². The van der Waals surface area contributed by atoms with E-state index in [9.17, 15) is 0 Å². The summed E-state index contributed by atoms with van der Waals surface area (Å²) in [5, 5.41) is 0. The van der Waals surface area contributed by atoms with Gasteiger partial charge in [0, 0.05) is 0 Å². The second-order valence-electron chi connectivity index (χ2n) is 34.3. The van der Waals surface area contributed by atoms with Gasteiger partial charge in [-0.25, -0.2) is 0 Å². The van der Waals surface area contributed by atoms with Gasteiger partial charge in [0.15, 0.2) is 0 Å². The zero-order valence-corrected chi connectivity index (χ0v) is 68.2. The molecule has 0 aliphatic carbocycles. The first kappa shape index (κ1) is 90.0. The van der Waals surface area contributed by atoms with Crippen LogP contribution in [0.15, 0.2) is 0 Å². The van der Waals surface area contributed by atoms with Crippen molar-refractivity contribution in [1.29, 1.82) is 0 Å². The van der Waals surface area contributed by atoms with Crippen LogP contribution in [0.25, 0.3) is 0 Å². The molecule has 541 valence electrons. The topological polar surface area (TPSA) is 0 Å². The second kappa shape index (κ2) is 51.2. The first-order valence-corrected chi connectivity index (χ1v) is 43.0. The molecule has 0 rings (SSSR count). The molecule has 0 heterocycles. The van der Waals surface area contributed by atoms with E-state index >= 15 is 0 Å². The zero-order valence-electron chi connectivity index (χ0n) is 68.2. The SMILES string of the molecule is CCCCCC(CCC)C[C](CC(C)(C)CC)C(CCC)(C(C)CC(C)C)C(CC(CCC)CCCCC)(C(C)C(C)CC)C(CC(CC)CC)(CC(CCC)CCCCC)C(CC(CCC)CCCCC)(C(C)CC(CCC)CCCCC)C(CC)CCC. The summed E-state index contributed by atoms with van der Waals surface area (Å²) in [5.41, 5.74) is 0.665. The smallest absolute Gasteiger partial charge is 0.0140 e. The van der Waals surface area contributed by atoms with E-state index in [2.05, 4.69) is 179 Å². The maximum atomic E-state index is 3.13. The fourth-order valence-corrected chi connectivity index (χ4v) is 21.9. The Morgan fingerprint density at radius 2 is 0.733 bits per heavy atom. The highest BCUT2D eigenvalue weighted by atomic mass is 14.8. The summed E-state index contributed by atoms with van der Waals surface area (Å²) in [4.78, 5) is 0. The van der Waals surface area contributed by atoms with Crippen molar-refractivity contribution in [1.82, 2.24) is 0 Å². The molecule has 0 nitrogen and oxygen atoms in total. The van der Waals surface area contributed by atoms with Crippen LogP contribution in [0.5, 0.6) is 0 Å². The fraction of sp³-hybridized carbons (Fsp3) is 0.989. The van der Waals surface area contributed by atoms with Gasteiger partial charge < -0.3 is 0 Å². The molecule has 0 fully saturated rings. The van der Waals surface area contributed by atoms with Crippen LogP contribution in [-0.2, 0) is 0 Å². The lowest BCUT2D eigenvalue weighted by Gasteiger charge is -2.77. The lowest BCUT2D eigenvalue weighted by Crippen LogP contribution is -2.71. The molecule has 0 amide bonds. The summed E-state index contributed by atoms with van der Waals surface area (Å²) >= 11 is 0. The van der Waals surface area contributed by atoms with Crippen molar-refractivity contribution in [3.63, 3.8) is 0 Å². The predicted molar refractivity (Wildman–Crippen MR) is 416 cm³/mol. The van der Waals surface area contributed by atoms with Gasteiger partial charge in [-0.3, -0.25) is 0 Å². The van der Waals surface area contributed by atoms with Gasteiger partial charge in [-0.15, -0.1) is 0 Å². The van der Waals surface area contributed by atoms with E-state index in [1.807, 2.05) is 0 Å². The first-order valence-electron chi connectivity index (χ1n) is 43.0. The number of rotatable bonds is 64. The molecular formula is C90H181. The highest BCUT2D eigenvalue weighted by Crippen LogP contribution is 2.81. The lowest BCUT2D eigenvalue weighted by atomic mass is 9.27. The van der Waals surface area contributed by atoms with Crippen molar-refractivity contribution >= 4 is 0 Å². The highest BCUT2D eigenvalue weighted by molar-refractivity contribution is 5.28. The van der Waals surface area contributed by atoms with E-state index in [4.69, 9.17) is 0 Å². The summed E-state index contributed by atoms with van der Waals surface area (Å²) < 4.78 is 0. The molecule has 14 unspecified atom stereocenters. The van der Waals surface area contributed by atoms with Gasteiger partial charge in [0.25, 0.3) is 0 Å². The van der Waals surface area contributed by atoms with E-state index < -0.39 is 0 Å². The molecule has 0 aromatic carbocycles. The third kappa shape index (κ3) is 27.4. The Hall–Kier alpha value is 0. The monoisotopic (exact) mass is 1260 g/mol. The Bertz CT molecular complexity index is 1580.